The summed E-state index contributed by atoms with van der Waals surface area (Å²) in [5, 5.41) is 8.66. The van der Waals surface area contributed by atoms with Gasteiger partial charge in [0.25, 0.3) is 0 Å². The molecule has 0 radical (unpaired) electrons. The molecule has 0 amide bonds. The first kappa shape index (κ1) is 19.7. The van der Waals surface area contributed by atoms with Crippen LogP contribution in [0, 0.1) is 0 Å². The Morgan fingerprint density at radius 2 is 2.17 bits per heavy atom. The van der Waals surface area contributed by atoms with Crippen molar-refractivity contribution in [3.8, 4) is 5.88 Å². The molecule has 0 atom stereocenters. The van der Waals surface area contributed by atoms with Crippen molar-refractivity contribution in [3.63, 3.8) is 0 Å². The Labute approximate surface area is 158 Å². The van der Waals surface area contributed by atoms with Gasteiger partial charge in [0.05, 0.1) is 19.7 Å². The summed E-state index contributed by atoms with van der Waals surface area (Å²) >= 11 is 1.73. The molecular weight excluding hydrogens is 423 g/mol. The van der Waals surface area contributed by atoms with E-state index in [9.17, 15) is 0 Å². The summed E-state index contributed by atoms with van der Waals surface area (Å²) in [7, 11) is 0. The van der Waals surface area contributed by atoms with Gasteiger partial charge in [0.2, 0.25) is 5.88 Å². The second kappa shape index (κ2) is 11.2. The minimum absolute atomic E-state index is 0. The van der Waals surface area contributed by atoms with Crippen LogP contribution in [-0.2, 0) is 13.1 Å². The molecule has 0 saturated heterocycles. The molecule has 0 saturated carbocycles. The van der Waals surface area contributed by atoms with Crippen LogP contribution in [0.2, 0.25) is 0 Å². The van der Waals surface area contributed by atoms with Crippen molar-refractivity contribution in [2.45, 2.75) is 26.9 Å². The van der Waals surface area contributed by atoms with Gasteiger partial charge in [-0.3, -0.25) is 0 Å². The Morgan fingerprint density at radius 3 is 2.87 bits per heavy atom. The highest BCUT2D eigenvalue weighted by Crippen LogP contribution is 2.10. The number of rotatable bonds is 7. The third-order valence-corrected chi connectivity index (χ3v) is 3.74. The zero-order chi connectivity index (χ0) is 15.6. The van der Waals surface area contributed by atoms with Crippen molar-refractivity contribution in [2.75, 3.05) is 13.2 Å². The molecule has 2 N–H and O–H groups in total. The molecule has 0 aromatic carbocycles. The summed E-state index contributed by atoms with van der Waals surface area (Å²) in [6.07, 6.45) is 1.75. The van der Waals surface area contributed by atoms with Gasteiger partial charge in [0, 0.05) is 23.7 Å². The Hall–Kier alpha value is -1.35. The first-order chi connectivity index (χ1) is 10.8. The van der Waals surface area contributed by atoms with Gasteiger partial charge in [-0.25, -0.2) is 9.98 Å². The van der Waals surface area contributed by atoms with Crippen molar-refractivity contribution >= 4 is 41.3 Å². The first-order valence-electron chi connectivity index (χ1n) is 7.44. The van der Waals surface area contributed by atoms with Crippen LogP contribution < -0.4 is 15.4 Å². The molecule has 0 aliphatic heterocycles. The van der Waals surface area contributed by atoms with E-state index in [1.165, 1.54) is 4.88 Å². The minimum Gasteiger partial charge on any atom is -0.478 e. The molecule has 126 valence electrons. The Bertz CT molecular complexity index is 590. The van der Waals surface area contributed by atoms with Crippen LogP contribution in [0.25, 0.3) is 0 Å². The molecule has 23 heavy (non-hydrogen) atoms. The summed E-state index contributed by atoms with van der Waals surface area (Å²) in [6.45, 7) is 6.82. The second-order valence-corrected chi connectivity index (χ2v) is 5.60. The molecule has 0 fully saturated rings. The normalized spacial score (nSPS) is 10.8. The molecule has 0 aliphatic carbocycles. The highest BCUT2D eigenvalue weighted by molar-refractivity contribution is 14.0. The molecule has 2 aromatic rings. The topological polar surface area (TPSA) is 58.5 Å². The predicted octanol–water partition coefficient (Wildman–Crippen LogP) is 3.42. The summed E-state index contributed by atoms with van der Waals surface area (Å²) in [4.78, 5) is 10.0. The molecule has 2 aromatic heterocycles. The number of guanidine groups is 1. The monoisotopic (exact) mass is 446 g/mol. The van der Waals surface area contributed by atoms with Gasteiger partial charge in [-0.05, 0) is 36.9 Å². The van der Waals surface area contributed by atoms with Gasteiger partial charge in [-0.1, -0.05) is 6.07 Å². The maximum atomic E-state index is 5.41. The van der Waals surface area contributed by atoms with E-state index in [1.54, 1.807) is 17.5 Å². The number of nitrogens with zero attached hydrogens (tertiary/aromatic N) is 2. The standard InChI is InChI=1S/C16H22N4OS.HI/c1-3-17-16(20-12-14-6-5-9-22-14)19-11-13-7-8-18-15(10-13)21-4-2;/h5-10H,3-4,11-12H2,1-2H3,(H2,17,19,20);1H. The number of aliphatic imine (C=N–C) groups is 1. The van der Waals surface area contributed by atoms with Crippen molar-refractivity contribution < 1.29 is 4.74 Å². The number of aromatic nitrogens is 1. The van der Waals surface area contributed by atoms with Gasteiger partial charge >= 0.3 is 0 Å². The fourth-order valence-electron chi connectivity index (χ4n) is 1.87. The van der Waals surface area contributed by atoms with Crippen LogP contribution in [0.5, 0.6) is 5.88 Å². The largest absolute Gasteiger partial charge is 0.478 e. The maximum absolute atomic E-state index is 5.41. The number of nitrogens with one attached hydrogen (secondary N) is 2. The summed E-state index contributed by atoms with van der Waals surface area (Å²) in [6, 6.07) is 8.04. The van der Waals surface area contributed by atoms with Gasteiger partial charge in [0.1, 0.15) is 0 Å². The molecule has 2 rings (SSSR count). The van der Waals surface area contributed by atoms with Gasteiger partial charge in [-0.15, -0.1) is 35.3 Å². The zero-order valence-corrected chi connectivity index (χ0v) is 16.6. The van der Waals surface area contributed by atoms with Crippen molar-refractivity contribution in [3.05, 3.63) is 46.3 Å². The number of pyridine rings is 1. The van der Waals surface area contributed by atoms with Crippen molar-refractivity contribution in [1.29, 1.82) is 0 Å². The second-order valence-electron chi connectivity index (χ2n) is 4.56. The van der Waals surface area contributed by atoms with Crippen LogP contribution in [0.15, 0.2) is 40.8 Å². The number of ether oxygens (including phenoxy) is 1. The fourth-order valence-corrected chi connectivity index (χ4v) is 2.52. The maximum Gasteiger partial charge on any atom is 0.213 e. The summed E-state index contributed by atoms with van der Waals surface area (Å²) in [5.74, 6) is 1.46. The lowest BCUT2D eigenvalue weighted by molar-refractivity contribution is 0.326. The van der Waals surface area contributed by atoms with E-state index in [2.05, 4.69) is 45.0 Å². The molecule has 7 heteroatoms. The highest BCUT2D eigenvalue weighted by atomic mass is 127. The molecule has 0 aliphatic rings. The van der Waals surface area contributed by atoms with Gasteiger partial charge in [0.15, 0.2) is 5.96 Å². The van der Waals surface area contributed by atoms with Crippen LogP contribution in [0.4, 0.5) is 0 Å². The number of halogens is 1. The van der Waals surface area contributed by atoms with Crippen molar-refractivity contribution in [1.82, 2.24) is 15.6 Å². The Morgan fingerprint density at radius 1 is 1.30 bits per heavy atom. The molecule has 0 spiro atoms. The van der Waals surface area contributed by atoms with Gasteiger partial charge < -0.3 is 15.4 Å². The number of hydrogen-bond donors (Lipinski definition) is 2. The molecule has 0 unspecified atom stereocenters. The van der Waals surface area contributed by atoms with E-state index in [4.69, 9.17) is 4.74 Å². The predicted molar refractivity (Wildman–Crippen MR) is 107 cm³/mol. The third-order valence-electron chi connectivity index (χ3n) is 2.87. The first-order valence-corrected chi connectivity index (χ1v) is 8.32. The Balaban J connectivity index is 0.00000264. The zero-order valence-electron chi connectivity index (χ0n) is 13.4. The Kier molecular flexibility index (Phi) is 9.61. The van der Waals surface area contributed by atoms with Gasteiger partial charge in [-0.2, -0.15) is 0 Å². The lowest BCUT2D eigenvalue weighted by atomic mass is 10.3. The lowest BCUT2D eigenvalue weighted by Crippen LogP contribution is -2.36. The molecule has 5 nitrogen and oxygen atoms in total. The van der Waals surface area contributed by atoms with Crippen LogP contribution in [-0.4, -0.2) is 24.1 Å². The lowest BCUT2D eigenvalue weighted by Gasteiger charge is -2.10. The quantitative estimate of drug-likeness (QED) is 0.389. The molecular formula is C16H23IN4OS. The van der Waals surface area contributed by atoms with E-state index in [1.807, 2.05) is 19.1 Å². The third kappa shape index (κ3) is 7.17. The van der Waals surface area contributed by atoms with E-state index in [0.29, 0.717) is 19.0 Å². The smallest absolute Gasteiger partial charge is 0.213 e. The highest BCUT2D eigenvalue weighted by Gasteiger charge is 2.01. The number of hydrogen-bond acceptors (Lipinski definition) is 4. The van der Waals surface area contributed by atoms with Crippen LogP contribution in [0.1, 0.15) is 24.3 Å². The van der Waals surface area contributed by atoms with Crippen molar-refractivity contribution in [2.24, 2.45) is 4.99 Å². The van der Waals surface area contributed by atoms with Crippen LogP contribution in [0.3, 0.4) is 0 Å². The van der Waals surface area contributed by atoms with Crippen LogP contribution >= 0.6 is 35.3 Å². The van der Waals surface area contributed by atoms with E-state index in [-0.39, 0.29) is 24.0 Å². The average Bonchev–Trinajstić information content (AvgIpc) is 3.04. The minimum atomic E-state index is 0. The van der Waals surface area contributed by atoms with E-state index >= 15 is 0 Å². The number of thiophene rings is 1. The summed E-state index contributed by atoms with van der Waals surface area (Å²) < 4.78 is 5.41. The SMILES string of the molecule is CCNC(=NCc1ccnc(OCC)c1)NCc1cccs1.I. The summed E-state index contributed by atoms with van der Waals surface area (Å²) in [5.41, 5.74) is 1.08. The molecule has 0 bridgehead atoms. The van der Waals surface area contributed by atoms with E-state index in [0.717, 1.165) is 24.6 Å². The fraction of sp³-hybridized carbons (Fsp3) is 0.375. The average molecular weight is 446 g/mol. The molecule has 2 heterocycles. The van der Waals surface area contributed by atoms with E-state index < -0.39 is 0 Å².